The maximum Gasteiger partial charge on any atom is 0.149 e. The summed E-state index contributed by atoms with van der Waals surface area (Å²) < 4.78 is 0. The monoisotopic (exact) mass is 239 g/mol. The molecule has 0 aromatic carbocycles. The summed E-state index contributed by atoms with van der Waals surface area (Å²) >= 11 is 0. The third-order valence-electron chi connectivity index (χ3n) is 4.19. The largest absolute Gasteiger partial charge is 0.389 e. The summed E-state index contributed by atoms with van der Waals surface area (Å²) in [5, 5.41) is 10.0. The van der Waals surface area contributed by atoms with Crippen molar-refractivity contribution in [2.45, 2.75) is 57.5 Å². The molecule has 1 heterocycles. The molecule has 3 nitrogen and oxygen atoms in total. The highest BCUT2D eigenvalue weighted by Gasteiger charge is 2.30. The van der Waals surface area contributed by atoms with E-state index in [1.54, 1.807) is 0 Å². The number of aliphatic hydroxyl groups is 1. The summed E-state index contributed by atoms with van der Waals surface area (Å²) in [7, 11) is 0. The van der Waals surface area contributed by atoms with Gasteiger partial charge in [-0.15, -0.1) is 0 Å². The number of hydrogen-bond acceptors (Lipinski definition) is 3. The lowest BCUT2D eigenvalue weighted by atomic mass is 9.85. The molecule has 3 heteroatoms. The predicted octanol–water partition coefficient (Wildman–Crippen LogP) is 1.98. The van der Waals surface area contributed by atoms with E-state index in [0.29, 0.717) is 24.8 Å². The van der Waals surface area contributed by atoms with Crippen LogP contribution in [0.5, 0.6) is 0 Å². The van der Waals surface area contributed by atoms with Gasteiger partial charge in [0.15, 0.2) is 0 Å². The number of nitrogens with zero attached hydrogens (tertiary/aromatic N) is 1. The average Bonchev–Trinajstić information content (AvgIpc) is 2.29. The Morgan fingerprint density at radius 2 is 2.00 bits per heavy atom. The fourth-order valence-electron chi connectivity index (χ4n) is 3.23. The van der Waals surface area contributed by atoms with Crippen LogP contribution >= 0.6 is 0 Å². The first-order valence-corrected chi connectivity index (χ1v) is 7.04. The van der Waals surface area contributed by atoms with E-state index < -0.39 is 5.60 Å². The van der Waals surface area contributed by atoms with Crippen molar-refractivity contribution in [1.82, 2.24) is 4.90 Å². The molecule has 0 aromatic rings. The van der Waals surface area contributed by atoms with Gasteiger partial charge in [-0.1, -0.05) is 19.3 Å². The lowest BCUT2D eigenvalue weighted by molar-refractivity contribution is -0.126. The molecule has 1 aliphatic carbocycles. The Labute approximate surface area is 104 Å². The minimum atomic E-state index is -0.592. The molecule has 17 heavy (non-hydrogen) atoms. The zero-order valence-corrected chi connectivity index (χ0v) is 11.0. The van der Waals surface area contributed by atoms with Gasteiger partial charge in [0, 0.05) is 12.5 Å². The van der Waals surface area contributed by atoms with Crippen molar-refractivity contribution in [3.8, 4) is 0 Å². The molecule has 2 aliphatic rings. The van der Waals surface area contributed by atoms with Crippen LogP contribution in [0.3, 0.4) is 0 Å². The van der Waals surface area contributed by atoms with Gasteiger partial charge in [0.2, 0.25) is 0 Å². The lowest BCUT2D eigenvalue weighted by Crippen LogP contribution is -2.48. The maximum absolute atomic E-state index is 12.2. The van der Waals surface area contributed by atoms with Gasteiger partial charge >= 0.3 is 0 Å². The molecule has 0 amide bonds. The molecule has 1 N–H and O–H groups in total. The number of carbonyl (C=O) groups excluding carboxylic acids is 1. The van der Waals surface area contributed by atoms with Crippen LogP contribution in [-0.2, 0) is 4.79 Å². The van der Waals surface area contributed by atoms with E-state index in [4.69, 9.17) is 0 Å². The Hall–Kier alpha value is -0.410. The van der Waals surface area contributed by atoms with Crippen LogP contribution in [0, 0.1) is 5.92 Å². The number of piperidine rings is 1. The molecule has 1 atom stereocenters. The molecule has 1 saturated carbocycles. The topological polar surface area (TPSA) is 40.5 Å². The van der Waals surface area contributed by atoms with Crippen molar-refractivity contribution in [2.24, 2.45) is 5.92 Å². The number of Topliss-reactive ketones (excluding diaryl/α,β-unsaturated/α-hetero) is 1. The standard InChI is InChI=1S/C14H25NO2/c1-14(17)8-5-9-15(11-14)10-13(16)12-6-3-2-4-7-12/h12,17H,2-11H2,1H3. The first kappa shape index (κ1) is 13.0. The molecule has 2 rings (SSSR count). The highest BCUT2D eigenvalue weighted by Crippen LogP contribution is 2.26. The van der Waals surface area contributed by atoms with Crippen LogP contribution in [0.1, 0.15) is 51.9 Å². The van der Waals surface area contributed by atoms with Crippen LogP contribution in [0.25, 0.3) is 0 Å². The van der Waals surface area contributed by atoms with E-state index >= 15 is 0 Å². The number of hydrogen-bond donors (Lipinski definition) is 1. The van der Waals surface area contributed by atoms with Gasteiger partial charge in [-0.25, -0.2) is 0 Å². The molecule has 98 valence electrons. The van der Waals surface area contributed by atoms with Crippen molar-refractivity contribution in [3.63, 3.8) is 0 Å². The molecule has 0 radical (unpaired) electrons. The van der Waals surface area contributed by atoms with Gasteiger partial charge in [-0.05, 0) is 39.2 Å². The molecule has 1 saturated heterocycles. The Balaban J connectivity index is 1.81. The Morgan fingerprint density at radius 3 is 2.65 bits per heavy atom. The second-order valence-corrected chi connectivity index (χ2v) is 6.11. The van der Waals surface area contributed by atoms with Crippen LogP contribution in [-0.4, -0.2) is 41.0 Å². The van der Waals surface area contributed by atoms with Crippen LogP contribution in [0.4, 0.5) is 0 Å². The van der Waals surface area contributed by atoms with Crippen LogP contribution < -0.4 is 0 Å². The van der Waals surface area contributed by atoms with E-state index in [9.17, 15) is 9.90 Å². The van der Waals surface area contributed by atoms with Gasteiger partial charge in [0.05, 0.1) is 12.1 Å². The third kappa shape index (κ3) is 3.78. The van der Waals surface area contributed by atoms with E-state index in [2.05, 4.69) is 4.90 Å². The zero-order valence-electron chi connectivity index (χ0n) is 11.0. The first-order valence-electron chi connectivity index (χ1n) is 7.04. The van der Waals surface area contributed by atoms with Gasteiger partial charge in [0.25, 0.3) is 0 Å². The average molecular weight is 239 g/mol. The number of β-amino-alcohol motifs (C(OH)–C–C–N with tert-alkyl or cyclic N) is 1. The number of carbonyl (C=O) groups is 1. The Bertz CT molecular complexity index is 269. The maximum atomic E-state index is 12.2. The highest BCUT2D eigenvalue weighted by molar-refractivity contribution is 5.83. The fraction of sp³-hybridized carbons (Fsp3) is 0.929. The highest BCUT2D eigenvalue weighted by atomic mass is 16.3. The fourth-order valence-corrected chi connectivity index (χ4v) is 3.23. The van der Waals surface area contributed by atoms with Crippen molar-refractivity contribution in [3.05, 3.63) is 0 Å². The van der Waals surface area contributed by atoms with Crippen molar-refractivity contribution in [1.29, 1.82) is 0 Å². The second kappa shape index (κ2) is 5.49. The molecule has 0 spiro atoms. The quantitative estimate of drug-likeness (QED) is 0.818. The summed E-state index contributed by atoms with van der Waals surface area (Å²) in [6, 6.07) is 0. The SMILES string of the molecule is CC1(O)CCCN(CC(=O)C2CCCCC2)C1. The summed E-state index contributed by atoms with van der Waals surface area (Å²) in [5.41, 5.74) is -0.592. The van der Waals surface area contributed by atoms with E-state index in [1.165, 1.54) is 19.3 Å². The third-order valence-corrected chi connectivity index (χ3v) is 4.19. The first-order chi connectivity index (χ1) is 8.07. The van der Waals surface area contributed by atoms with E-state index in [1.807, 2.05) is 6.92 Å². The Morgan fingerprint density at radius 1 is 1.29 bits per heavy atom. The minimum absolute atomic E-state index is 0.302. The minimum Gasteiger partial charge on any atom is -0.389 e. The summed E-state index contributed by atoms with van der Waals surface area (Å²) in [5.74, 6) is 0.707. The smallest absolute Gasteiger partial charge is 0.149 e. The van der Waals surface area contributed by atoms with Crippen molar-refractivity contribution in [2.75, 3.05) is 19.6 Å². The van der Waals surface area contributed by atoms with Crippen LogP contribution in [0.2, 0.25) is 0 Å². The van der Waals surface area contributed by atoms with Gasteiger partial charge in [-0.2, -0.15) is 0 Å². The zero-order chi connectivity index (χ0) is 12.3. The van der Waals surface area contributed by atoms with Crippen molar-refractivity contribution < 1.29 is 9.90 Å². The lowest BCUT2D eigenvalue weighted by Gasteiger charge is -2.37. The number of rotatable bonds is 3. The van der Waals surface area contributed by atoms with Gasteiger partial charge in [0.1, 0.15) is 5.78 Å². The molecule has 0 bridgehead atoms. The molecular weight excluding hydrogens is 214 g/mol. The number of ketones is 1. The Kier molecular flexibility index (Phi) is 4.21. The predicted molar refractivity (Wildman–Crippen MR) is 67.9 cm³/mol. The normalized spacial score (nSPS) is 32.6. The van der Waals surface area contributed by atoms with Gasteiger partial charge in [-0.3, -0.25) is 9.69 Å². The molecule has 1 unspecified atom stereocenters. The van der Waals surface area contributed by atoms with Crippen molar-refractivity contribution >= 4 is 5.78 Å². The van der Waals surface area contributed by atoms with Crippen LogP contribution in [0.15, 0.2) is 0 Å². The number of likely N-dealkylation sites (tertiary alicyclic amines) is 1. The molecule has 1 aliphatic heterocycles. The molecular formula is C14H25NO2. The summed E-state index contributed by atoms with van der Waals surface area (Å²) in [6.45, 7) is 4.06. The summed E-state index contributed by atoms with van der Waals surface area (Å²) in [6.07, 6.45) is 7.77. The van der Waals surface area contributed by atoms with E-state index in [-0.39, 0.29) is 0 Å². The van der Waals surface area contributed by atoms with Gasteiger partial charge < -0.3 is 5.11 Å². The summed E-state index contributed by atoms with van der Waals surface area (Å²) in [4.78, 5) is 14.3. The van der Waals surface area contributed by atoms with E-state index in [0.717, 1.165) is 32.2 Å². The molecule has 0 aromatic heterocycles. The molecule has 2 fully saturated rings. The second-order valence-electron chi connectivity index (χ2n) is 6.11.